The maximum absolute atomic E-state index is 15.3. The highest BCUT2D eigenvalue weighted by Crippen LogP contribution is 2.36. The van der Waals surface area contributed by atoms with Crippen LogP contribution in [0.4, 0.5) is 21.6 Å². The van der Waals surface area contributed by atoms with Crippen molar-refractivity contribution >= 4 is 53.0 Å². The van der Waals surface area contributed by atoms with Crippen molar-refractivity contribution in [2.45, 2.75) is 31.1 Å². The van der Waals surface area contributed by atoms with E-state index in [9.17, 15) is 0 Å². The number of benzene rings is 2. The molecule has 2 aromatic heterocycles. The molecule has 0 radical (unpaired) electrons. The van der Waals surface area contributed by atoms with Crippen molar-refractivity contribution in [2.75, 3.05) is 53.9 Å². The van der Waals surface area contributed by atoms with Gasteiger partial charge in [-0.1, -0.05) is 31.0 Å². The maximum Gasteiger partial charge on any atom is 0.155 e. The van der Waals surface area contributed by atoms with Crippen molar-refractivity contribution < 1.29 is 9.13 Å². The van der Waals surface area contributed by atoms with Crippen molar-refractivity contribution in [3.63, 3.8) is 0 Å². The van der Waals surface area contributed by atoms with Crippen LogP contribution in [0.2, 0.25) is 0 Å². The van der Waals surface area contributed by atoms with Crippen molar-refractivity contribution in [2.24, 2.45) is 5.73 Å². The van der Waals surface area contributed by atoms with E-state index in [-0.39, 0.29) is 17.1 Å². The monoisotopic (exact) mass is 579 g/mol. The average Bonchev–Trinajstić information content (AvgIpc) is 3.33. The highest BCUT2D eigenvalue weighted by Gasteiger charge is 2.21. The predicted molar refractivity (Wildman–Crippen MR) is 166 cm³/mol. The van der Waals surface area contributed by atoms with Crippen LogP contribution in [0.25, 0.3) is 22.3 Å². The maximum atomic E-state index is 15.3. The Hall–Kier alpha value is -2.99. The predicted octanol–water partition coefficient (Wildman–Crippen LogP) is 5.52. The molecule has 0 aliphatic carbocycles. The zero-order valence-corrected chi connectivity index (χ0v) is 24.2. The van der Waals surface area contributed by atoms with Crippen molar-refractivity contribution in [3.05, 3.63) is 66.2 Å². The van der Waals surface area contributed by atoms with Crippen LogP contribution in [-0.4, -0.2) is 59.4 Å². The molecular formula is C29H34FN7OS2. The number of hydrogen-bond acceptors (Lipinski definition) is 9. The number of hydrogen-bond donors (Lipinski definition) is 3. The quantitative estimate of drug-likeness (QED) is 0.195. The van der Waals surface area contributed by atoms with E-state index in [1.165, 1.54) is 29.3 Å². The molecule has 0 amide bonds. The van der Waals surface area contributed by atoms with Gasteiger partial charge in [0, 0.05) is 48.7 Å². The van der Waals surface area contributed by atoms with E-state index in [1.54, 1.807) is 16.4 Å². The zero-order valence-electron chi connectivity index (χ0n) is 22.5. The number of halogens is 1. The Morgan fingerprint density at radius 1 is 1.10 bits per heavy atom. The standard InChI is InChI=1S/C29H34FN7OS2/c1-19(20-4-2-6-23(14-20)36-9-3-5-22(31)17-36)40-34-26-8-7-21(15-25(26)30)27-16-24-28(35-10-12-38-13-11-35)32-18-33-29(24)37(27)39/h2,4,6-8,14-16,18-19,22,34,39H,3,5,9-13,17,31H2,1H3/t19?,22-/m1/s1. The molecule has 2 saturated heterocycles. The number of aromatic nitrogens is 3. The molecule has 40 heavy (non-hydrogen) atoms. The molecule has 0 bridgehead atoms. The number of rotatable bonds is 7. The lowest BCUT2D eigenvalue weighted by Crippen LogP contribution is -2.42. The Labute approximate surface area is 243 Å². The van der Waals surface area contributed by atoms with Gasteiger partial charge < -0.3 is 25.0 Å². The highest BCUT2D eigenvalue weighted by atomic mass is 32.2. The van der Waals surface area contributed by atoms with Crippen LogP contribution < -0.4 is 20.3 Å². The summed E-state index contributed by atoms with van der Waals surface area (Å²) in [6.45, 7) is 6.89. The van der Waals surface area contributed by atoms with Crippen LogP contribution in [0, 0.1) is 5.82 Å². The molecule has 6 rings (SSSR count). The molecule has 0 spiro atoms. The summed E-state index contributed by atoms with van der Waals surface area (Å²) in [6.07, 6.45) is 3.74. The third-order valence-corrected chi connectivity index (χ3v) is 9.00. The molecule has 0 saturated carbocycles. The summed E-state index contributed by atoms with van der Waals surface area (Å²) >= 11 is 6.18. The minimum atomic E-state index is -0.327. The molecule has 4 heterocycles. The van der Waals surface area contributed by atoms with Crippen LogP contribution in [0.15, 0.2) is 54.9 Å². The van der Waals surface area contributed by atoms with E-state index in [2.05, 4.69) is 68.5 Å². The minimum Gasteiger partial charge on any atom is -0.378 e. The highest BCUT2D eigenvalue weighted by molar-refractivity contribution is 8.00. The molecule has 1 unspecified atom stereocenters. The first-order chi connectivity index (χ1) is 19.5. The van der Waals surface area contributed by atoms with Gasteiger partial charge in [-0.2, -0.15) is 0 Å². The van der Waals surface area contributed by atoms with Crippen LogP contribution in [0.5, 0.6) is 0 Å². The number of fused-ring (bicyclic) bond motifs is 1. The number of morpholine rings is 1. The minimum absolute atomic E-state index is 0.120. The Morgan fingerprint density at radius 3 is 2.75 bits per heavy atom. The van der Waals surface area contributed by atoms with Crippen LogP contribution in [-0.2, 0) is 4.74 Å². The molecule has 2 aliphatic rings. The number of nitrogens with zero attached hydrogens (tertiary/aromatic N) is 5. The fraction of sp³-hybridized carbons (Fsp3) is 0.379. The summed E-state index contributed by atoms with van der Waals surface area (Å²) in [7, 11) is 0. The first-order valence-electron chi connectivity index (χ1n) is 13.7. The SMILES string of the molecule is CC(SNc1ccc(-c2cc3c(N4CCOCC4)ncnc3n2S)cc1F)c1cccc(N2CCC[C@@H](N)C2)c1. The second kappa shape index (κ2) is 11.9. The number of piperidine rings is 1. The molecule has 2 atom stereocenters. The molecule has 4 aromatic rings. The molecule has 11 heteroatoms. The molecule has 2 aliphatic heterocycles. The molecule has 210 valence electrons. The van der Waals surface area contributed by atoms with Gasteiger partial charge in [0.1, 0.15) is 18.0 Å². The smallest absolute Gasteiger partial charge is 0.155 e. The summed E-state index contributed by atoms with van der Waals surface area (Å²) < 4.78 is 25.7. The molecule has 3 N–H and O–H groups in total. The summed E-state index contributed by atoms with van der Waals surface area (Å²) in [5, 5.41) is 1.00. The Kier molecular flexibility index (Phi) is 8.06. The van der Waals surface area contributed by atoms with Gasteiger partial charge in [0.15, 0.2) is 5.65 Å². The van der Waals surface area contributed by atoms with Crippen LogP contribution in [0.1, 0.15) is 30.6 Å². The molecular weight excluding hydrogens is 545 g/mol. The largest absolute Gasteiger partial charge is 0.378 e. The van der Waals surface area contributed by atoms with Gasteiger partial charge in [-0.3, -0.25) is 3.97 Å². The topological polar surface area (TPSA) is 84.5 Å². The fourth-order valence-electron chi connectivity index (χ4n) is 5.42. The van der Waals surface area contributed by atoms with Gasteiger partial charge in [0.2, 0.25) is 0 Å². The molecule has 2 aromatic carbocycles. The van der Waals surface area contributed by atoms with Crippen molar-refractivity contribution in [1.29, 1.82) is 0 Å². The van der Waals surface area contributed by atoms with Crippen molar-refractivity contribution in [1.82, 2.24) is 13.9 Å². The lowest BCUT2D eigenvalue weighted by molar-refractivity contribution is 0.122. The fourth-order valence-corrected chi connectivity index (χ4v) is 6.50. The number of nitrogens with two attached hydrogens (primary N) is 1. The Balaban J connectivity index is 1.17. The summed E-state index contributed by atoms with van der Waals surface area (Å²) in [4.78, 5) is 13.5. The second-order valence-electron chi connectivity index (χ2n) is 10.4. The lowest BCUT2D eigenvalue weighted by atomic mass is 10.0. The van der Waals surface area contributed by atoms with E-state index >= 15 is 4.39 Å². The van der Waals surface area contributed by atoms with E-state index in [0.29, 0.717) is 24.5 Å². The summed E-state index contributed by atoms with van der Waals surface area (Å²) in [5.74, 6) is 0.519. The van der Waals surface area contributed by atoms with Crippen molar-refractivity contribution in [3.8, 4) is 11.3 Å². The number of thiol groups is 1. The van der Waals surface area contributed by atoms with Crippen LogP contribution in [0.3, 0.4) is 0 Å². The third-order valence-electron chi connectivity index (χ3n) is 7.64. The van der Waals surface area contributed by atoms with Crippen LogP contribution >= 0.6 is 24.8 Å². The first-order valence-corrected chi connectivity index (χ1v) is 15.0. The number of anilines is 3. The van der Waals surface area contributed by atoms with Gasteiger partial charge in [-0.05, 0) is 67.6 Å². The lowest BCUT2D eigenvalue weighted by Gasteiger charge is -2.33. The zero-order chi connectivity index (χ0) is 27.6. The van der Waals surface area contributed by atoms with E-state index in [4.69, 9.17) is 10.5 Å². The third kappa shape index (κ3) is 5.60. The van der Waals surface area contributed by atoms with Gasteiger partial charge in [-0.15, -0.1) is 0 Å². The Morgan fingerprint density at radius 2 is 1.95 bits per heavy atom. The molecule has 2 fully saturated rings. The summed E-state index contributed by atoms with van der Waals surface area (Å²) in [5.41, 5.74) is 11.2. The first kappa shape index (κ1) is 27.2. The number of nitrogens with one attached hydrogen (secondary N) is 1. The van der Waals surface area contributed by atoms with E-state index in [1.807, 2.05) is 12.1 Å². The Bertz CT molecular complexity index is 1490. The van der Waals surface area contributed by atoms with Gasteiger partial charge in [-0.25, -0.2) is 14.4 Å². The number of ether oxygens (including phenoxy) is 1. The molecule has 8 nitrogen and oxygen atoms in total. The van der Waals surface area contributed by atoms with E-state index in [0.717, 1.165) is 61.5 Å². The average molecular weight is 580 g/mol. The normalized spacial score (nSPS) is 18.8. The van der Waals surface area contributed by atoms with Gasteiger partial charge >= 0.3 is 0 Å². The van der Waals surface area contributed by atoms with E-state index < -0.39 is 0 Å². The van der Waals surface area contributed by atoms with Gasteiger partial charge in [0.25, 0.3) is 0 Å². The second-order valence-corrected chi connectivity index (χ2v) is 11.9. The van der Waals surface area contributed by atoms with Gasteiger partial charge in [0.05, 0.1) is 30.0 Å². The summed E-state index contributed by atoms with van der Waals surface area (Å²) in [6, 6.07) is 16.0.